The van der Waals surface area contributed by atoms with Crippen LogP contribution in [0.4, 0.5) is 21.9 Å². The van der Waals surface area contributed by atoms with Crippen LogP contribution in [0.1, 0.15) is 12.5 Å². The first kappa shape index (κ1) is 18.3. The van der Waals surface area contributed by atoms with Gasteiger partial charge in [0.15, 0.2) is 0 Å². The summed E-state index contributed by atoms with van der Waals surface area (Å²) < 4.78 is 0. The molecule has 0 bridgehead atoms. The van der Waals surface area contributed by atoms with Gasteiger partial charge in [-0.25, -0.2) is 4.79 Å². The number of carbonyl (C=O) groups is 2. The van der Waals surface area contributed by atoms with Crippen LogP contribution in [0.5, 0.6) is 0 Å². The summed E-state index contributed by atoms with van der Waals surface area (Å²) in [4.78, 5) is 27.5. The van der Waals surface area contributed by atoms with E-state index in [-0.39, 0.29) is 11.9 Å². The summed E-state index contributed by atoms with van der Waals surface area (Å²) in [6.45, 7) is 4.17. The molecule has 0 atom stereocenters. The van der Waals surface area contributed by atoms with Crippen LogP contribution in [-0.4, -0.2) is 43.0 Å². The minimum atomic E-state index is -0.137. The second-order valence-electron chi connectivity index (χ2n) is 6.32. The third-order valence-corrected chi connectivity index (χ3v) is 4.38. The van der Waals surface area contributed by atoms with Crippen molar-refractivity contribution in [1.82, 2.24) is 4.90 Å². The molecule has 1 heterocycles. The smallest absolute Gasteiger partial charge is 0.321 e. The predicted molar refractivity (Wildman–Crippen MR) is 105 cm³/mol. The van der Waals surface area contributed by atoms with Gasteiger partial charge in [0.05, 0.1) is 11.6 Å². The minimum Gasteiger partial charge on any atom is -0.368 e. The average Bonchev–Trinajstić information content (AvgIpc) is 2.69. The monoisotopic (exact) mass is 363 g/mol. The summed E-state index contributed by atoms with van der Waals surface area (Å²) >= 11 is 0. The zero-order valence-electron chi connectivity index (χ0n) is 15.1. The molecule has 0 aromatic heterocycles. The van der Waals surface area contributed by atoms with Crippen LogP contribution in [0.25, 0.3) is 0 Å². The highest BCUT2D eigenvalue weighted by atomic mass is 16.2. The van der Waals surface area contributed by atoms with Crippen LogP contribution >= 0.6 is 0 Å². The molecule has 1 aliphatic rings. The van der Waals surface area contributed by atoms with E-state index in [9.17, 15) is 9.59 Å². The third kappa shape index (κ3) is 4.76. The number of nitrogens with zero attached hydrogens (tertiary/aromatic N) is 3. The van der Waals surface area contributed by atoms with E-state index in [1.807, 2.05) is 12.1 Å². The lowest BCUT2D eigenvalue weighted by Crippen LogP contribution is -2.50. The van der Waals surface area contributed by atoms with Gasteiger partial charge >= 0.3 is 6.03 Å². The molecule has 0 spiro atoms. The average molecular weight is 363 g/mol. The van der Waals surface area contributed by atoms with Crippen LogP contribution < -0.4 is 15.5 Å². The van der Waals surface area contributed by atoms with Crippen molar-refractivity contribution >= 4 is 29.0 Å². The van der Waals surface area contributed by atoms with Gasteiger partial charge in [0, 0.05) is 50.2 Å². The zero-order valence-corrected chi connectivity index (χ0v) is 15.1. The van der Waals surface area contributed by atoms with Crippen LogP contribution in [0.2, 0.25) is 0 Å². The second kappa shape index (κ2) is 8.23. The normalized spacial score (nSPS) is 13.6. The number of nitriles is 1. The van der Waals surface area contributed by atoms with Crippen LogP contribution in [0.3, 0.4) is 0 Å². The van der Waals surface area contributed by atoms with E-state index in [1.54, 1.807) is 41.3 Å². The standard InChI is InChI=1S/C20H21N5O2/c1-15(26)22-17-4-6-18(7-5-17)23-20(27)25-12-10-24(11-13-25)19-8-2-16(14-21)3-9-19/h2-9H,10-13H2,1H3,(H,22,26)(H,23,27). The lowest BCUT2D eigenvalue weighted by atomic mass is 10.2. The number of hydrogen-bond donors (Lipinski definition) is 2. The molecule has 7 nitrogen and oxygen atoms in total. The van der Waals surface area contributed by atoms with Gasteiger partial charge in [0.1, 0.15) is 0 Å². The largest absolute Gasteiger partial charge is 0.368 e. The SMILES string of the molecule is CC(=O)Nc1ccc(NC(=O)N2CCN(c3ccc(C#N)cc3)CC2)cc1. The quantitative estimate of drug-likeness (QED) is 0.878. The number of benzene rings is 2. The maximum Gasteiger partial charge on any atom is 0.321 e. The van der Waals surface area contributed by atoms with E-state index in [2.05, 4.69) is 21.6 Å². The maximum atomic E-state index is 12.4. The third-order valence-electron chi connectivity index (χ3n) is 4.38. The summed E-state index contributed by atoms with van der Waals surface area (Å²) in [5.41, 5.74) is 3.07. The summed E-state index contributed by atoms with van der Waals surface area (Å²) in [7, 11) is 0. The molecule has 2 N–H and O–H groups in total. The highest BCUT2D eigenvalue weighted by Crippen LogP contribution is 2.18. The molecule has 0 saturated carbocycles. The fourth-order valence-electron chi connectivity index (χ4n) is 2.96. The Kier molecular flexibility index (Phi) is 5.57. The molecule has 1 saturated heterocycles. The Hall–Kier alpha value is -3.53. The van der Waals surface area contributed by atoms with Gasteiger partial charge in [0.2, 0.25) is 5.91 Å². The molecule has 3 rings (SSSR count). The molecule has 0 aliphatic carbocycles. The second-order valence-corrected chi connectivity index (χ2v) is 6.32. The van der Waals surface area contributed by atoms with E-state index in [0.29, 0.717) is 30.0 Å². The van der Waals surface area contributed by atoms with Crippen LogP contribution in [0, 0.1) is 11.3 Å². The molecule has 0 unspecified atom stereocenters. The van der Waals surface area contributed by atoms with E-state index in [4.69, 9.17) is 5.26 Å². The van der Waals surface area contributed by atoms with Gasteiger partial charge in [0.25, 0.3) is 0 Å². The number of rotatable bonds is 3. The van der Waals surface area contributed by atoms with Crippen molar-refractivity contribution in [2.75, 3.05) is 41.7 Å². The fraction of sp³-hybridized carbons (Fsp3) is 0.250. The molecule has 2 aromatic rings. The van der Waals surface area contributed by atoms with Gasteiger partial charge in [-0.3, -0.25) is 4.79 Å². The number of piperazine rings is 1. The lowest BCUT2D eigenvalue weighted by Gasteiger charge is -2.36. The van der Waals surface area contributed by atoms with Gasteiger partial charge in [-0.15, -0.1) is 0 Å². The van der Waals surface area contributed by atoms with Gasteiger partial charge < -0.3 is 20.4 Å². The highest BCUT2D eigenvalue weighted by molar-refractivity contribution is 5.91. The van der Waals surface area contributed by atoms with Crippen molar-refractivity contribution in [1.29, 1.82) is 5.26 Å². The molecule has 2 aromatic carbocycles. The summed E-state index contributed by atoms with van der Waals surface area (Å²) in [5, 5.41) is 14.4. The number of urea groups is 1. The summed E-state index contributed by atoms with van der Waals surface area (Å²) in [6, 6.07) is 16.5. The molecule has 0 radical (unpaired) electrons. The maximum absolute atomic E-state index is 12.4. The van der Waals surface area contributed by atoms with Crippen LogP contribution in [-0.2, 0) is 4.79 Å². The molecule has 27 heavy (non-hydrogen) atoms. The first-order valence-corrected chi connectivity index (χ1v) is 8.74. The Morgan fingerprint density at radius 1 is 0.889 bits per heavy atom. The number of carbonyl (C=O) groups excluding carboxylic acids is 2. The Morgan fingerprint density at radius 2 is 1.44 bits per heavy atom. The molecule has 7 heteroatoms. The minimum absolute atomic E-state index is 0.132. The van der Waals surface area contributed by atoms with Crippen LogP contribution in [0.15, 0.2) is 48.5 Å². The van der Waals surface area contributed by atoms with Gasteiger partial charge in [-0.05, 0) is 48.5 Å². The van der Waals surface area contributed by atoms with E-state index < -0.39 is 0 Å². The Bertz CT molecular complexity index is 847. The number of amides is 3. The van der Waals surface area contributed by atoms with E-state index >= 15 is 0 Å². The molecule has 1 aliphatic heterocycles. The van der Waals surface area contributed by atoms with E-state index in [1.165, 1.54) is 6.92 Å². The summed E-state index contributed by atoms with van der Waals surface area (Å²) in [5.74, 6) is -0.132. The van der Waals surface area contributed by atoms with Gasteiger partial charge in [-0.1, -0.05) is 0 Å². The molecule has 1 fully saturated rings. The van der Waals surface area contributed by atoms with Crippen molar-refractivity contribution in [3.05, 3.63) is 54.1 Å². The predicted octanol–water partition coefficient (Wildman–Crippen LogP) is 2.87. The fourth-order valence-corrected chi connectivity index (χ4v) is 2.96. The highest BCUT2D eigenvalue weighted by Gasteiger charge is 2.21. The number of hydrogen-bond acceptors (Lipinski definition) is 4. The van der Waals surface area contributed by atoms with E-state index in [0.717, 1.165) is 18.8 Å². The van der Waals surface area contributed by atoms with Crippen molar-refractivity contribution in [3.63, 3.8) is 0 Å². The Labute approximate surface area is 158 Å². The first-order valence-electron chi connectivity index (χ1n) is 8.74. The van der Waals surface area contributed by atoms with Gasteiger partial charge in [-0.2, -0.15) is 5.26 Å². The zero-order chi connectivity index (χ0) is 19.2. The van der Waals surface area contributed by atoms with Crippen molar-refractivity contribution in [2.45, 2.75) is 6.92 Å². The lowest BCUT2D eigenvalue weighted by molar-refractivity contribution is -0.114. The van der Waals surface area contributed by atoms with Crippen molar-refractivity contribution in [2.24, 2.45) is 0 Å². The molecule has 3 amide bonds. The first-order chi connectivity index (χ1) is 13.0. The van der Waals surface area contributed by atoms with Crippen molar-refractivity contribution in [3.8, 4) is 6.07 Å². The number of anilines is 3. The van der Waals surface area contributed by atoms with Crippen molar-refractivity contribution < 1.29 is 9.59 Å². The topological polar surface area (TPSA) is 88.5 Å². The molecular formula is C20H21N5O2. The molecule has 138 valence electrons. The summed E-state index contributed by atoms with van der Waals surface area (Å²) in [6.07, 6.45) is 0. The Morgan fingerprint density at radius 3 is 1.96 bits per heavy atom. The Balaban J connectivity index is 1.52. The molecular weight excluding hydrogens is 342 g/mol. The number of nitrogens with one attached hydrogen (secondary N) is 2.